The molecule has 0 aliphatic carbocycles. The summed E-state index contributed by atoms with van der Waals surface area (Å²) in [5.74, 6) is 0.963. The van der Waals surface area contributed by atoms with Crippen LogP contribution in [0.3, 0.4) is 0 Å². The van der Waals surface area contributed by atoms with Crippen LogP contribution in [0.4, 0.5) is 0 Å². The highest BCUT2D eigenvalue weighted by Gasteiger charge is 2.27. The summed E-state index contributed by atoms with van der Waals surface area (Å²) in [7, 11) is 1.65. The van der Waals surface area contributed by atoms with E-state index in [0.717, 1.165) is 17.7 Å². The molecule has 0 amide bonds. The molecule has 0 fully saturated rings. The lowest BCUT2D eigenvalue weighted by atomic mass is 9.72. The Morgan fingerprint density at radius 3 is 2.20 bits per heavy atom. The Morgan fingerprint density at radius 2 is 1.75 bits per heavy atom. The van der Waals surface area contributed by atoms with Gasteiger partial charge in [0.15, 0.2) is 0 Å². The Hall–Kier alpha value is -1.31. The fourth-order valence-electron chi connectivity index (χ4n) is 3.03. The van der Waals surface area contributed by atoms with Crippen LogP contribution in [0, 0.1) is 5.41 Å². The van der Waals surface area contributed by atoms with E-state index < -0.39 is 0 Å². The first-order valence-corrected chi connectivity index (χ1v) is 7.22. The normalized spacial score (nSPS) is 12.3. The first-order chi connectivity index (χ1) is 9.05. The van der Waals surface area contributed by atoms with Gasteiger partial charge in [-0.15, -0.1) is 0 Å². The largest absolute Gasteiger partial charge is 0.496 e. The van der Waals surface area contributed by atoms with Gasteiger partial charge >= 0.3 is 0 Å². The quantitative estimate of drug-likeness (QED) is 0.789. The summed E-state index contributed by atoms with van der Waals surface area (Å²) in [6.07, 6.45) is 1.52. The molecule has 0 aliphatic rings. The number of ketones is 1. The van der Waals surface area contributed by atoms with Crippen LogP contribution in [0.15, 0.2) is 18.2 Å². The number of methoxy groups -OCH3 is 1. The molecule has 0 saturated carbocycles. The van der Waals surface area contributed by atoms with Crippen LogP contribution in [-0.2, 0) is 16.6 Å². The number of benzene rings is 1. The van der Waals surface area contributed by atoms with Crippen molar-refractivity contribution in [3.63, 3.8) is 0 Å². The minimum Gasteiger partial charge on any atom is -0.496 e. The van der Waals surface area contributed by atoms with E-state index in [4.69, 9.17) is 4.74 Å². The first-order valence-electron chi connectivity index (χ1n) is 7.22. The van der Waals surface area contributed by atoms with Crippen molar-refractivity contribution in [3.05, 3.63) is 29.3 Å². The summed E-state index contributed by atoms with van der Waals surface area (Å²) in [5, 5.41) is 0. The van der Waals surface area contributed by atoms with Crippen molar-refractivity contribution in [1.82, 2.24) is 0 Å². The van der Waals surface area contributed by atoms with Crippen LogP contribution in [-0.4, -0.2) is 12.9 Å². The van der Waals surface area contributed by atoms with Crippen molar-refractivity contribution in [2.24, 2.45) is 5.41 Å². The zero-order chi connectivity index (χ0) is 15.6. The molecular formula is C18H28O2. The van der Waals surface area contributed by atoms with Crippen LogP contribution in [0.1, 0.15) is 59.1 Å². The van der Waals surface area contributed by atoms with Gasteiger partial charge in [-0.2, -0.15) is 0 Å². The lowest BCUT2D eigenvalue weighted by Crippen LogP contribution is -2.25. The summed E-state index contributed by atoms with van der Waals surface area (Å²) < 4.78 is 5.36. The van der Waals surface area contributed by atoms with Crippen molar-refractivity contribution in [3.8, 4) is 5.75 Å². The van der Waals surface area contributed by atoms with E-state index in [1.165, 1.54) is 5.56 Å². The number of rotatable bonds is 5. The van der Waals surface area contributed by atoms with Crippen molar-refractivity contribution >= 4 is 5.78 Å². The molecule has 0 radical (unpaired) electrons. The first kappa shape index (κ1) is 16.7. The molecular weight excluding hydrogens is 248 g/mol. The molecule has 112 valence electrons. The second-order valence-electron chi connectivity index (χ2n) is 7.53. The van der Waals surface area contributed by atoms with Gasteiger partial charge in [0, 0.05) is 12.0 Å². The maximum atomic E-state index is 11.4. The van der Waals surface area contributed by atoms with E-state index in [-0.39, 0.29) is 16.6 Å². The Morgan fingerprint density at radius 1 is 1.15 bits per heavy atom. The molecule has 0 spiro atoms. The summed E-state index contributed by atoms with van der Waals surface area (Å²) in [6.45, 7) is 12.9. The average molecular weight is 276 g/mol. The van der Waals surface area contributed by atoms with E-state index >= 15 is 0 Å². The van der Waals surface area contributed by atoms with Crippen LogP contribution < -0.4 is 4.74 Å². The van der Waals surface area contributed by atoms with Crippen molar-refractivity contribution in [2.45, 2.75) is 59.8 Å². The van der Waals surface area contributed by atoms with Gasteiger partial charge in [0.05, 0.1) is 7.11 Å². The number of carbonyl (C=O) groups excluding carboxylic acids is 1. The summed E-state index contributed by atoms with van der Waals surface area (Å²) in [4.78, 5) is 11.4. The average Bonchev–Trinajstić information content (AvgIpc) is 2.24. The summed E-state index contributed by atoms with van der Waals surface area (Å²) >= 11 is 0. The zero-order valence-corrected chi connectivity index (χ0v) is 14.0. The van der Waals surface area contributed by atoms with Gasteiger partial charge in [-0.05, 0) is 35.8 Å². The molecule has 0 unspecified atom stereocenters. The number of carbonyl (C=O) groups is 1. The molecule has 0 atom stereocenters. The van der Waals surface area contributed by atoms with Crippen LogP contribution in [0.2, 0.25) is 0 Å². The predicted octanol–water partition coefficient (Wildman–Crippen LogP) is 4.54. The fraction of sp³-hybridized carbons (Fsp3) is 0.611. The van der Waals surface area contributed by atoms with Crippen LogP contribution >= 0.6 is 0 Å². The Bertz CT molecular complexity index is 479. The highest BCUT2D eigenvalue weighted by atomic mass is 16.5. The van der Waals surface area contributed by atoms with Gasteiger partial charge in [-0.3, -0.25) is 4.79 Å². The molecule has 20 heavy (non-hydrogen) atoms. The van der Waals surface area contributed by atoms with E-state index in [9.17, 15) is 4.79 Å². The van der Waals surface area contributed by atoms with Crippen LogP contribution in [0.25, 0.3) is 0 Å². The standard InChI is InChI=1S/C18H28O2/c1-13(19)10-14-11-15(8-9-16(14)20-7)18(5,6)12-17(2,3)4/h8-9,11H,10,12H2,1-7H3. The van der Waals surface area contributed by atoms with Gasteiger partial charge in [-0.1, -0.05) is 46.8 Å². The third-order valence-corrected chi connectivity index (χ3v) is 3.47. The lowest BCUT2D eigenvalue weighted by molar-refractivity contribution is -0.116. The second kappa shape index (κ2) is 5.99. The number of hydrogen-bond donors (Lipinski definition) is 0. The van der Waals surface area contributed by atoms with Gasteiger partial charge in [0.1, 0.15) is 11.5 Å². The molecule has 0 aromatic heterocycles. The van der Waals surface area contributed by atoms with Gasteiger partial charge in [0.25, 0.3) is 0 Å². The fourth-order valence-corrected chi connectivity index (χ4v) is 3.03. The Kier molecular flexibility index (Phi) is 5.01. The van der Waals surface area contributed by atoms with E-state index in [2.05, 4.69) is 46.8 Å². The summed E-state index contributed by atoms with van der Waals surface area (Å²) in [6, 6.07) is 6.23. The third-order valence-electron chi connectivity index (χ3n) is 3.47. The minimum atomic E-state index is 0.0794. The van der Waals surface area contributed by atoms with Crippen molar-refractivity contribution in [1.29, 1.82) is 0 Å². The van der Waals surface area contributed by atoms with Crippen LogP contribution in [0.5, 0.6) is 5.75 Å². The lowest BCUT2D eigenvalue weighted by Gasteiger charge is -2.33. The smallest absolute Gasteiger partial charge is 0.134 e. The Labute approximate surface area is 123 Å². The predicted molar refractivity (Wildman–Crippen MR) is 84.5 cm³/mol. The molecule has 1 aromatic carbocycles. The molecule has 0 saturated heterocycles. The van der Waals surface area contributed by atoms with Gasteiger partial charge in [-0.25, -0.2) is 0 Å². The molecule has 1 rings (SSSR count). The highest BCUT2D eigenvalue weighted by molar-refractivity contribution is 5.79. The second-order valence-corrected chi connectivity index (χ2v) is 7.53. The maximum Gasteiger partial charge on any atom is 0.134 e. The van der Waals surface area contributed by atoms with Crippen molar-refractivity contribution < 1.29 is 9.53 Å². The van der Waals surface area contributed by atoms with Gasteiger partial charge in [0.2, 0.25) is 0 Å². The molecule has 0 bridgehead atoms. The van der Waals surface area contributed by atoms with Gasteiger partial charge < -0.3 is 4.74 Å². The SMILES string of the molecule is COc1ccc(C(C)(C)CC(C)(C)C)cc1CC(C)=O. The number of Topliss-reactive ketones (excluding diaryl/α,β-unsaturated/α-hetero) is 1. The molecule has 2 nitrogen and oxygen atoms in total. The van der Waals surface area contributed by atoms with E-state index in [0.29, 0.717) is 6.42 Å². The number of ether oxygens (including phenoxy) is 1. The molecule has 0 N–H and O–H groups in total. The monoisotopic (exact) mass is 276 g/mol. The topological polar surface area (TPSA) is 26.3 Å². The van der Waals surface area contributed by atoms with E-state index in [1.807, 2.05) is 6.07 Å². The molecule has 0 aliphatic heterocycles. The molecule has 2 heteroatoms. The zero-order valence-electron chi connectivity index (χ0n) is 14.0. The molecule has 0 heterocycles. The van der Waals surface area contributed by atoms with E-state index in [1.54, 1.807) is 14.0 Å². The maximum absolute atomic E-state index is 11.4. The summed E-state index contributed by atoms with van der Waals surface area (Å²) in [5.41, 5.74) is 2.60. The van der Waals surface area contributed by atoms with Crippen molar-refractivity contribution in [2.75, 3.05) is 7.11 Å². The highest BCUT2D eigenvalue weighted by Crippen LogP contribution is 2.37. The molecule has 1 aromatic rings. The number of hydrogen-bond acceptors (Lipinski definition) is 2. The Balaban J connectivity index is 3.16. The third kappa shape index (κ3) is 4.66. The minimum absolute atomic E-state index is 0.0794.